The molecule has 1 heterocycles. The molecule has 0 bridgehead atoms. The third-order valence-corrected chi connectivity index (χ3v) is 3.71. The second-order valence-electron chi connectivity index (χ2n) is 5.30. The molecule has 0 radical (unpaired) electrons. The lowest BCUT2D eigenvalue weighted by atomic mass is 10.0. The van der Waals surface area contributed by atoms with Crippen molar-refractivity contribution >= 4 is 5.97 Å². The molecular weight excluding hydrogens is 266 g/mol. The fourth-order valence-corrected chi connectivity index (χ4v) is 2.63. The first-order valence-corrected chi connectivity index (χ1v) is 7.92. The molecule has 4 heteroatoms. The summed E-state index contributed by atoms with van der Waals surface area (Å²) in [5.74, 6) is 0.923. The lowest BCUT2D eigenvalue weighted by molar-refractivity contribution is -0.143. The van der Waals surface area contributed by atoms with E-state index in [2.05, 4.69) is 17.4 Å². The first kappa shape index (κ1) is 15.8. The summed E-state index contributed by atoms with van der Waals surface area (Å²) < 4.78 is 10.6. The quantitative estimate of drug-likeness (QED) is 0.590. The Labute approximate surface area is 126 Å². The summed E-state index contributed by atoms with van der Waals surface area (Å²) >= 11 is 0. The number of rotatable bonds is 8. The Bertz CT molecular complexity index is 447. The van der Waals surface area contributed by atoms with Crippen LogP contribution in [0.25, 0.3) is 0 Å². The summed E-state index contributed by atoms with van der Waals surface area (Å²) in [6.45, 7) is 4.07. The van der Waals surface area contributed by atoms with Crippen LogP contribution in [0.3, 0.4) is 0 Å². The molecule has 1 aromatic rings. The molecule has 0 aliphatic carbocycles. The molecule has 0 spiro atoms. The van der Waals surface area contributed by atoms with Crippen LogP contribution in [-0.4, -0.2) is 25.7 Å². The maximum atomic E-state index is 11.2. The average Bonchev–Trinajstić information content (AvgIpc) is 2.51. The summed E-state index contributed by atoms with van der Waals surface area (Å²) in [4.78, 5) is 11.2. The molecule has 0 saturated heterocycles. The number of unbranched alkanes of at least 4 members (excludes halogenated alkanes) is 2. The zero-order valence-corrected chi connectivity index (χ0v) is 12.8. The molecule has 0 amide bonds. The summed E-state index contributed by atoms with van der Waals surface area (Å²) in [6, 6.07) is 8.62. The van der Waals surface area contributed by atoms with Crippen LogP contribution < -0.4 is 10.1 Å². The van der Waals surface area contributed by atoms with E-state index < -0.39 is 0 Å². The SMILES string of the molecule is CCOC(=O)CCCCCNC1CCOc2ccccc21. The first-order chi connectivity index (χ1) is 10.3. The Balaban J connectivity index is 1.63. The molecule has 0 saturated carbocycles. The number of fused-ring (bicyclic) bond motifs is 1. The van der Waals surface area contributed by atoms with Crippen LogP contribution in [0.15, 0.2) is 24.3 Å². The van der Waals surface area contributed by atoms with E-state index in [9.17, 15) is 4.79 Å². The van der Waals surface area contributed by atoms with E-state index in [-0.39, 0.29) is 5.97 Å². The van der Waals surface area contributed by atoms with Crippen molar-refractivity contribution in [2.75, 3.05) is 19.8 Å². The van der Waals surface area contributed by atoms with Crippen molar-refractivity contribution in [1.29, 1.82) is 0 Å². The minimum atomic E-state index is -0.0798. The van der Waals surface area contributed by atoms with Crippen LogP contribution in [0, 0.1) is 0 Å². The highest BCUT2D eigenvalue weighted by molar-refractivity contribution is 5.69. The monoisotopic (exact) mass is 291 g/mol. The van der Waals surface area contributed by atoms with Crippen molar-refractivity contribution in [2.24, 2.45) is 0 Å². The Kier molecular flexibility index (Phi) is 6.54. The van der Waals surface area contributed by atoms with Crippen LogP contribution in [0.5, 0.6) is 5.75 Å². The van der Waals surface area contributed by atoms with Gasteiger partial charge in [-0.25, -0.2) is 0 Å². The van der Waals surface area contributed by atoms with E-state index in [0.29, 0.717) is 19.1 Å². The van der Waals surface area contributed by atoms with Gasteiger partial charge in [-0.15, -0.1) is 0 Å². The predicted octanol–water partition coefficient (Wildman–Crippen LogP) is 3.22. The van der Waals surface area contributed by atoms with Crippen molar-refractivity contribution < 1.29 is 14.3 Å². The van der Waals surface area contributed by atoms with Gasteiger partial charge in [-0.2, -0.15) is 0 Å². The fourth-order valence-electron chi connectivity index (χ4n) is 2.63. The standard InChI is InChI=1S/C17H25NO3/c1-2-20-17(19)10-4-3-7-12-18-15-11-13-21-16-9-6-5-8-14(15)16/h5-6,8-9,15,18H,2-4,7,10-13H2,1H3. The zero-order valence-electron chi connectivity index (χ0n) is 12.8. The number of benzene rings is 1. The fraction of sp³-hybridized carbons (Fsp3) is 0.588. The molecule has 21 heavy (non-hydrogen) atoms. The van der Waals surface area contributed by atoms with Gasteiger partial charge in [0.1, 0.15) is 5.75 Å². The minimum absolute atomic E-state index is 0.0798. The molecule has 116 valence electrons. The van der Waals surface area contributed by atoms with Gasteiger partial charge in [0.15, 0.2) is 0 Å². The van der Waals surface area contributed by atoms with Crippen LogP contribution in [0.2, 0.25) is 0 Å². The minimum Gasteiger partial charge on any atom is -0.493 e. The third kappa shape index (κ3) is 5.05. The molecule has 2 rings (SSSR count). The van der Waals surface area contributed by atoms with Gasteiger partial charge in [-0.3, -0.25) is 4.79 Å². The zero-order chi connectivity index (χ0) is 14.9. The molecule has 0 aromatic heterocycles. The number of hydrogen-bond donors (Lipinski definition) is 1. The van der Waals surface area contributed by atoms with Gasteiger partial charge in [0, 0.05) is 24.4 Å². The Morgan fingerprint density at radius 3 is 3.05 bits per heavy atom. The van der Waals surface area contributed by atoms with Gasteiger partial charge < -0.3 is 14.8 Å². The van der Waals surface area contributed by atoms with Crippen molar-refractivity contribution in [3.05, 3.63) is 29.8 Å². The van der Waals surface area contributed by atoms with E-state index in [0.717, 1.165) is 44.6 Å². The smallest absolute Gasteiger partial charge is 0.305 e. The Hall–Kier alpha value is -1.55. The molecule has 1 unspecified atom stereocenters. The number of hydrogen-bond acceptors (Lipinski definition) is 4. The Morgan fingerprint density at radius 2 is 2.19 bits per heavy atom. The number of carbonyl (C=O) groups is 1. The molecular formula is C17H25NO3. The van der Waals surface area contributed by atoms with Crippen LogP contribution in [0.4, 0.5) is 0 Å². The normalized spacial score (nSPS) is 16.9. The van der Waals surface area contributed by atoms with Crippen LogP contribution in [-0.2, 0) is 9.53 Å². The molecule has 1 aliphatic rings. The lowest BCUT2D eigenvalue weighted by Crippen LogP contribution is -2.27. The number of para-hydroxylation sites is 1. The van der Waals surface area contributed by atoms with Gasteiger partial charge in [0.2, 0.25) is 0 Å². The van der Waals surface area contributed by atoms with Gasteiger partial charge in [0.05, 0.1) is 13.2 Å². The van der Waals surface area contributed by atoms with Crippen LogP contribution in [0.1, 0.15) is 50.6 Å². The van der Waals surface area contributed by atoms with E-state index in [1.807, 2.05) is 19.1 Å². The predicted molar refractivity (Wildman–Crippen MR) is 82.4 cm³/mol. The summed E-state index contributed by atoms with van der Waals surface area (Å²) in [6.07, 6.45) is 4.59. The first-order valence-electron chi connectivity index (χ1n) is 7.92. The second-order valence-corrected chi connectivity index (χ2v) is 5.30. The highest BCUT2D eigenvalue weighted by atomic mass is 16.5. The van der Waals surface area contributed by atoms with Gasteiger partial charge in [-0.1, -0.05) is 24.6 Å². The van der Waals surface area contributed by atoms with E-state index >= 15 is 0 Å². The maximum Gasteiger partial charge on any atom is 0.305 e. The van der Waals surface area contributed by atoms with Crippen molar-refractivity contribution in [2.45, 2.75) is 45.1 Å². The molecule has 1 N–H and O–H groups in total. The lowest BCUT2D eigenvalue weighted by Gasteiger charge is -2.26. The molecule has 4 nitrogen and oxygen atoms in total. The number of ether oxygens (including phenoxy) is 2. The van der Waals surface area contributed by atoms with Gasteiger partial charge in [-0.05, 0) is 32.4 Å². The van der Waals surface area contributed by atoms with Crippen molar-refractivity contribution in [3.8, 4) is 5.75 Å². The maximum absolute atomic E-state index is 11.2. The topological polar surface area (TPSA) is 47.6 Å². The van der Waals surface area contributed by atoms with Crippen LogP contribution >= 0.6 is 0 Å². The molecule has 1 aromatic carbocycles. The van der Waals surface area contributed by atoms with Gasteiger partial charge in [0.25, 0.3) is 0 Å². The van der Waals surface area contributed by atoms with Crippen molar-refractivity contribution in [3.63, 3.8) is 0 Å². The summed E-state index contributed by atoms with van der Waals surface area (Å²) in [5, 5.41) is 3.59. The summed E-state index contributed by atoms with van der Waals surface area (Å²) in [7, 11) is 0. The number of carbonyl (C=O) groups excluding carboxylic acids is 1. The summed E-state index contributed by atoms with van der Waals surface area (Å²) in [5.41, 5.74) is 1.26. The van der Waals surface area contributed by atoms with Gasteiger partial charge >= 0.3 is 5.97 Å². The number of esters is 1. The van der Waals surface area contributed by atoms with Crippen molar-refractivity contribution in [1.82, 2.24) is 5.32 Å². The highest BCUT2D eigenvalue weighted by Crippen LogP contribution is 2.31. The second kappa shape index (κ2) is 8.67. The third-order valence-electron chi connectivity index (χ3n) is 3.71. The van der Waals surface area contributed by atoms with E-state index in [1.54, 1.807) is 0 Å². The Morgan fingerprint density at radius 1 is 1.33 bits per heavy atom. The highest BCUT2D eigenvalue weighted by Gasteiger charge is 2.19. The average molecular weight is 291 g/mol. The van der Waals surface area contributed by atoms with E-state index in [1.165, 1.54) is 5.56 Å². The number of nitrogens with one attached hydrogen (secondary N) is 1. The molecule has 0 fully saturated rings. The van der Waals surface area contributed by atoms with E-state index in [4.69, 9.17) is 9.47 Å². The molecule has 1 aliphatic heterocycles. The largest absolute Gasteiger partial charge is 0.493 e. The molecule has 1 atom stereocenters.